The highest BCUT2D eigenvalue weighted by Crippen LogP contribution is 2.40. The number of methoxy groups -OCH3 is 1. The second-order valence-corrected chi connectivity index (χ2v) is 5.02. The Labute approximate surface area is 128 Å². The maximum absolute atomic E-state index is 11.5. The molecule has 0 bridgehead atoms. The van der Waals surface area contributed by atoms with Gasteiger partial charge in [0.25, 0.3) is 5.69 Å². The molecule has 22 heavy (non-hydrogen) atoms. The van der Waals surface area contributed by atoms with Crippen LogP contribution in [0, 0.1) is 27.2 Å². The van der Waals surface area contributed by atoms with Crippen molar-refractivity contribution in [1.29, 1.82) is 0 Å². The van der Waals surface area contributed by atoms with Gasteiger partial charge in [0.05, 0.1) is 22.0 Å². The first-order chi connectivity index (χ1) is 10.4. The molecule has 0 amide bonds. The Morgan fingerprint density at radius 1 is 1.23 bits per heavy atom. The van der Waals surface area contributed by atoms with Crippen molar-refractivity contribution in [3.05, 3.63) is 37.4 Å². The van der Waals surface area contributed by atoms with Crippen LogP contribution in [0.1, 0.15) is 37.8 Å². The maximum atomic E-state index is 11.5. The van der Waals surface area contributed by atoms with Gasteiger partial charge in [-0.15, -0.1) is 0 Å². The molecule has 0 radical (unpaired) electrons. The molecule has 0 aromatic heterocycles. The lowest BCUT2D eigenvalue weighted by atomic mass is 10.0. The molecular weight excluding hydrogens is 290 g/mol. The van der Waals surface area contributed by atoms with Gasteiger partial charge < -0.3 is 10.1 Å². The van der Waals surface area contributed by atoms with Gasteiger partial charge >= 0.3 is 5.69 Å². The Hall–Kier alpha value is -2.22. The first-order valence-electron chi connectivity index (χ1n) is 7.07. The lowest BCUT2D eigenvalue weighted by Gasteiger charge is -2.18. The highest BCUT2D eigenvalue weighted by Gasteiger charge is 2.31. The van der Waals surface area contributed by atoms with Crippen LogP contribution < -0.4 is 5.32 Å². The van der Waals surface area contributed by atoms with Gasteiger partial charge in [0.1, 0.15) is 0 Å². The fourth-order valence-corrected chi connectivity index (χ4v) is 2.33. The number of nitrogens with one attached hydrogen (secondary N) is 1. The van der Waals surface area contributed by atoms with Gasteiger partial charge in [-0.1, -0.05) is 13.8 Å². The van der Waals surface area contributed by atoms with E-state index in [1.165, 1.54) is 13.2 Å². The van der Waals surface area contributed by atoms with Gasteiger partial charge in [0.2, 0.25) is 0 Å². The Morgan fingerprint density at radius 3 is 2.23 bits per heavy atom. The minimum atomic E-state index is -0.596. The molecule has 8 nitrogen and oxygen atoms in total. The van der Waals surface area contributed by atoms with Crippen LogP contribution in [0.3, 0.4) is 0 Å². The van der Waals surface area contributed by atoms with Crippen molar-refractivity contribution in [2.75, 3.05) is 12.4 Å². The van der Waals surface area contributed by atoms with E-state index in [0.717, 1.165) is 0 Å². The number of nitro groups is 2. The summed E-state index contributed by atoms with van der Waals surface area (Å²) in [6.07, 6.45) is 1.41. The number of benzene rings is 1. The van der Waals surface area contributed by atoms with Crippen molar-refractivity contribution >= 4 is 17.1 Å². The summed E-state index contributed by atoms with van der Waals surface area (Å²) in [5.41, 5.74) is 0.222. The van der Waals surface area contributed by atoms with Gasteiger partial charge in [-0.3, -0.25) is 20.2 Å². The molecule has 0 unspecified atom stereocenters. The molecule has 0 heterocycles. The lowest BCUT2D eigenvalue weighted by Crippen LogP contribution is -2.19. The van der Waals surface area contributed by atoms with E-state index >= 15 is 0 Å². The molecule has 1 aromatic rings. The number of nitro benzene ring substituents is 2. The molecule has 8 heteroatoms. The molecule has 0 saturated heterocycles. The second-order valence-electron chi connectivity index (χ2n) is 5.02. The van der Waals surface area contributed by atoms with Gasteiger partial charge in [-0.2, -0.15) is 0 Å². The maximum Gasteiger partial charge on any atom is 0.305 e. The molecule has 0 saturated carbocycles. The average Bonchev–Trinajstić information content (AvgIpc) is 2.46. The second kappa shape index (κ2) is 7.69. The van der Waals surface area contributed by atoms with Gasteiger partial charge in [0.15, 0.2) is 5.69 Å². The van der Waals surface area contributed by atoms with Crippen LogP contribution in [-0.2, 0) is 11.3 Å². The molecule has 0 atom stereocenters. The van der Waals surface area contributed by atoms with Crippen LogP contribution in [0.15, 0.2) is 6.07 Å². The van der Waals surface area contributed by atoms with Gasteiger partial charge in [-0.25, -0.2) is 0 Å². The van der Waals surface area contributed by atoms with E-state index in [1.807, 2.05) is 13.8 Å². The minimum Gasteiger partial charge on any atom is -0.380 e. The third kappa shape index (κ3) is 3.70. The predicted octanol–water partition coefficient (Wildman–Crippen LogP) is 3.56. The first kappa shape index (κ1) is 17.8. The summed E-state index contributed by atoms with van der Waals surface area (Å²) in [5, 5.41) is 25.7. The summed E-state index contributed by atoms with van der Waals surface area (Å²) < 4.78 is 5.01. The van der Waals surface area contributed by atoms with Crippen molar-refractivity contribution in [2.24, 2.45) is 0 Å². The normalized spacial score (nSPS) is 10.8. The van der Waals surface area contributed by atoms with Gasteiger partial charge in [-0.05, 0) is 25.3 Å². The Balaban J connectivity index is 3.61. The standard InChI is InChI=1S/C14H21N3O5/c1-5-10(6-2)15-13-12(16(18)19)7-9(3)11(8-22-4)14(13)17(20)21/h7,10,15H,5-6,8H2,1-4H3. The molecule has 0 aliphatic rings. The summed E-state index contributed by atoms with van der Waals surface area (Å²) in [5.74, 6) is 0. The van der Waals surface area contributed by atoms with E-state index in [2.05, 4.69) is 5.32 Å². The van der Waals surface area contributed by atoms with E-state index in [9.17, 15) is 20.2 Å². The SMILES string of the molecule is CCC(CC)Nc1c([N+](=O)[O-])cc(C)c(COC)c1[N+](=O)[O-]. The molecule has 1 rings (SSSR count). The molecule has 122 valence electrons. The number of rotatable bonds is 8. The zero-order chi connectivity index (χ0) is 16.9. The summed E-state index contributed by atoms with van der Waals surface area (Å²) in [4.78, 5) is 21.6. The highest BCUT2D eigenvalue weighted by molar-refractivity contribution is 5.78. The third-order valence-electron chi connectivity index (χ3n) is 3.61. The molecule has 0 fully saturated rings. The van der Waals surface area contributed by atoms with Crippen LogP contribution in [-0.4, -0.2) is 23.0 Å². The van der Waals surface area contributed by atoms with Crippen molar-refractivity contribution in [3.63, 3.8) is 0 Å². The Morgan fingerprint density at radius 2 is 1.82 bits per heavy atom. The molecule has 0 spiro atoms. The van der Waals surface area contributed by atoms with Crippen LogP contribution in [0.25, 0.3) is 0 Å². The smallest absolute Gasteiger partial charge is 0.305 e. The Kier molecular flexibility index (Phi) is 6.24. The summed E-state index contributed by atoms with van der Waals surface area (Å²) >= 11 is 0. The molecule has 1 N–H and O–H groups in total. The highest BCUT2D eigenvalue weighted by atomic mass is 16.6. The number of hydrogen-bond acceptors (Lipinski definition) is 6. The molecule has 1 aromatic carbocycles. The number of ether oxygens (including phenoxy) is 1. The monoisotopic (exact) mass is 311 g/mol. The van der Waals surface area contributed by atoms with Crippen LogP contribution in [0.4, 0.5) is 17.1 Å². The first-order valence-corrected chi connectivity index (χ1v) is 7.07. The fraction of sp³-hybridized carbons (Fsp3) is 0.571. The summed E-state index contributed by atoms with van der Waals surface area (Å²) in [7, 11) is 1.43. The average molecular weight is 311 g/mol. The van der Waals surface area contributed by atoms with Crippen LogP contribution >= 0.6 is 0 Å². The quantitative estimate of drug-likeness (QED) is 0.581. The zero-order valence-corrected chi connectivity index (χ0v) is 13.2. The summed E-state index contributed by atoms with van der Waals surface area (Å²) in [6.45, 7) is 5.47. The molecular formula is C14H21N3O5. The van der Waals surface area contributed by atoms with E-state index in [1.54, 1.807) is 6.92 Å². The predicted molar refractivity (Wildman–Crippen MR) is 83.2 cm³/mol. The number of aryl methyl sites for hydroxylation is 1. The Bertz CT molecular complexity index is 570. The van der Waals surface area contributed by atoms with Crippen LogP contribution in [0.2, 0.25) is 0 Å². The van der Waals surface area contributed by atoms with E-state index in [4.69, 9.17) is 4.74 Å². The number of hydrogen-bond donors (Lipinski definition) is 1. The van der Waals surface area contributed by atoms with Gasteiger partial charge in [0, 0.05) is 19.2 Å². The minimum absolute atomic E-state index is 0.0255. The zero-order valence-electron chi connectivity index (χ0n) is 13.2. The largest absolute Gasteiger partial charge is 0.380 e. The van der Waals surface area contributed by atoms with Crippen molar-refractivity contribution in [3.8, 4) is 0 Å². The lowest BCUT2D eigenvalue weighted by molar-refractivity contribution is -0.393. The van der Waals surface area contributed by atoms with Crippen molar-refractivity contribution in [1.82, 2.24) is 0 Å². The van der Waals surface area contributed by atoms with Crippen molar-refractivity contribution < 1.29 is 14.6 Å². The number of nitrogens with zero attached hydrogens (tertiary/aromatic N) is 2. The van der Waals surface area contributed by atoms with E-state index in [0.29, 0.717) is 24.0 Å². The van der Waals surface area contributed by atoms with Crippen molar-refractivity contribution in [2.45, 2.75) is 46.3 Å². The van der Waals surface area contributed by atoms with E-state index in [-0.39, 0.29) is 29.7 Å². The third-order valence-corrected chi connectivity index (χ3v) is 3.61. The topological polar surface area (TPSA) is 108 Å². The molecule has 0 aliphatic heterocycles. The fourth-order valence-electron chi connectivity index (χ4n) is 2.33. The summed E-state index contributed by atoms with van der Waals surface area (Å²) in [6, 6.07) is 1.28. The van der Waals surface area contributed by atoms with E-state index < -0.39 is 9.85 Å². The van der Waals surface area contributed by atoms with Crippen LogP contribution in [0.5, 0.6) is 0 Å². The number of anilines is 1. The molecule has 0 aliphatic carbocycles.